The molecule has 0 aliphatic heterocycles. The molecule has 2 unspecified atom stereocenters. The van der Waals surface area contributed by atoms with Gasteiger partial charge in [0.05, 0.1) is 0 Å². The molecule has 3 rings (SSSR count). The Labute approximate surface area is 126 Å². The summed E-state index contributed by atoms with van der Waals surface area (Å²) < 4.78 is 0. The van der Waals surface area contributed by atoms with Gasteiger partial charge in [-0.25, -0.2) is 0 Å². The number of ketones is 1. The first kappa shape index (κ1) is 14.2. The molecule has 0 spiro atoms. The molecular formula is C19H23NO. The summed E-state index contributed by atoms with van der Waals surface area (Å²) in [5, 5.41) is 2.18. The van der Waals surface area contributed by atoms with Crippen molar-refractivity contribution in [3.05, 3.63) is 42.2 Å². The molecule has 2 heteroatoms. The highest BCUT2D eigenvalue weighted by molar-refractivity contribution is 6.01. The van der Waals surface area contributed by atoms with E-state index in [-0.39, 0.29) is 11.3 Å². The fourth-order valence-corrected chi connectivity index (χ4v) is 4.00. The van der Waals surface area contributed by atoms with E-state index in [1.165, 1.54) is 6.42 Å². The Balaban J connectivity index is 1.99. The third-order valence-electron chi connectivity index (χ3n) is 5.10. The van der Waals surface area contributed by atoms with Crippen LogP contribution in [0.15, 0.2) is 36.7 Å². The average Bonchev–Trinajstić information content (AvgIpc) is 2.45. The first-order valence-electron chi connectivity index (χ1n) is 7.87. The van der Waals surface area contributed by atoms with Crippen molar-refractivity contribution in [1.29, 1.82) is 0 Å². The second-order valence-electron chi connectivity index (χ2n) is 7.14. The molecule has 2 nitrogen and oxygen atoms in total. The van der Waals surface area contributed by atoms with Gasteiger partial charge in [-0.05, 0) is 41.7 Å². The van der Waals surface area contributed by atoms with Crippen molar-refractivity contribution in [3.8, 4) is 0 Å². The van der Waals surface area contributed by atoms with Gasteiger partial charge in [0, 0.05) is 29.3 Å². The van der Waals surface area contributed by atoms with Crippen molar-refractivity contribution in [1.82, 2.24) is 4.98 Å². The van der Waals surface area contributed by atoms with Crippen LogP contribution in [0.1, 0.15) is 50.4 Å². The van der Waals surface area contributed by atoms with Gasteiger partial charge in [-0.15, -0.1) is 0 Å². The molecule has 110 valence electrons. The lowest BCUT2D eigenvalue weighted by atomic mass is 9.62. The van der Waals surface area contributed by atoms with Crippen molar-refractivity contribution < 1.29 is 4.79 Å². The van der Waals surface area contributed by atoms with Gasteiger partial charge in [0.2, 0.25) is 0 Å². The zero-order valence-corrected chi connectivity index (χ0v) is 13.1. The number of nitrogens with zero attached hydrogens (tertiary/aromatic N) is 1. The first-order chi connectivity index (χ1) is 9.99. The molecule has 2 atom stereocenters. The predicted octanol–water partition coefficient (Wildman–Crippen LogP) is 4.88. The Morgan fingerprint density at radius 2 is 2.05 bits per heavy atom. The molecule has 2 aromatic rings. The van der Waals surface area contributed by atoms with Crippen molar-refractivity contribution in [2.75, 3.05) is 0 Å². The van der Waals surface area contributed by atoms with Crippen LogP contribution in [0.5, 0.6) is 0 Å². The molecule has 1 aliphatic carbocycles. The van der Waals surface area contributed by atoms with E-state index < -0.39 is 0 Å². The maximum Gasteiger partial charge on any atom is 0.166 e. The minimum absolute atomic E-state index is 0.0992. The highest BCUT2D eigenvalue weighted by atomic mass is 16.1. The van der Waals surface area contributed by atoms with E-state index in [1.807, 2.05) is 30.5 Å². The van der Waals surface area contributed by atoms with Crippen LogP contribution in [0.25, 0.3) is 10.8 Å². The maximum absolute atomic E-state index is 13.1. The molecule has 0 bridgehead atoms. The topological polar surface area (TPSA) is 30.0 Å². The van der Waals surface area contributed by atoms with E-state index >= 15 is 0 Å². The Kier molecular flexibility index (Phi) is 3.56. The SMILES string of the molecule is CC1CCCC(C)(C)C1C(=O)c1ccc2cnccc2c1. The summed E-state index contributed by atoms with van der Waals surface area (Å²) in [4.78, 5) is 17.2. The summed E-state index contributed by atoms with van der Waals surface area (Å²) >= 11 is 0. The minimum atomic E-state index is 0.0992. The Hall–Kier alpha value is -1.70. The second-order valence-corrected chi connectivity index (χ2v) is 7.14. The molecule has 1 fully saturated rings. The van der Waals surface area contributed by atoms with E-state index in [2.05, 4.69) is 25.8 Å². The van der Waals surface area contributed by atoms with Crippen LogP contribution in [0, 0.1) is 17.3 Å². The number of benzene rings is 1. The van der Waals surface area contributed by atoms with E-state index in [4.69, 9.17) is 0 Å². The summed E-state index contributed by atoms with van der Waals surface area (Å²) in [5.74, 6) is 0.908. The van der Waals surface area contributed by atoms with Gasteiger partial charge in [0.25, 0.3) is 0 Å². The number of carbonyl (C=O) groups is 1. The van der Waals surface area contributed by atoms with Gasteiger partial charge in [0.15, 0.2) is 5.78 Å². The van der Waals surface area contributed by atoms with Gasteiger partial charge in [-0.2, -0.15) is 0 Å². The third-order valence-corrected chi connectivity index (χ3v) is 5.10. The number of hydrogen-bond acceptors (Lipinski definition) is 2. The Bertz CT molecular complexity index is 674. The molecule has 1 saturated carbocycles. The lowest BCUT2D eigenvalue weighted by Crippen LogP contribution is -2.39. The molecule has 1 heterocycles. The molecular weight excluding hydrogens is 258 g/mol. The van der Waals surface area contributed by atoms with Crippen molar-refractivity contribution >= 4 is 16.6 Å². The zero-order valence-electron chi connectivity index (χ0n) is 13.1. The molecule has 1 aliphatic rings. The standard InChI is InChI=1S/C19H23NO/c1-13-5-4-9-19(2,3)17(13)18(21)15-6-7-16-12-20-10-8-14(16)11-15/h6-8,10-13,17H,4-5,9H2,1-3H3. The molecule has 0 radical (unpaired) electrons. The molecule has 21 heavy (non-hydrogen) atoms. The third kappa shape index (κ3) is 2.59. The van der Waals surface area contributed by atoms with Gasteiger partial charge >= 0.3 is 0 Å². The Morgan fingerprint density at radius 1 is 1.24 bits per heavy atom. The van der Waals surface area contributed by atoms with Gasteiger partial charge in [0.1, 0.15) is 0 Å². The van der Waals surface area contributed by atoms with Gasteiger partial charge < -0.3 is 0 Å². The number of hydrogen-bond donors (Lipinski definition) is 0. The second kappa shape index (κ2) is 5.25. The quantitative estimate of drug-likeness (QED) is 0.734. The lowest BCUT2D eigenvalue weighted by molar-refractivity contribution is 0.0540. The van der Waals surface area contributed by atoms with Gasteiger partial charge in [-0.3, -0.25) is 9.78 Å². The number of carbonyl (C=O) groups excluding carboxylic acids is 1. The lowest BCUT2D eigenvalue weighted by Gasteiger charge is -2.42. The van der Waals surface area contributed by atoms with Crippen LogP contribution in [0.3, 0.4) is 0 Å². The maximum atomic E-state index is 13.1. The number of Topliss-reactive ketones (excluding diaryl/α,β-unsaturated/α-hetero) is 1. The van der Waals surface area contributed by atoms with Gasteiger partial charge in [-0.1, -0.05) is 39.3 Å². The van der Waals surface area contributed by atoms with E-state index in [0.29, 0.717) is 11.7 Å². The van der Waals surface area contributed by atoms with E-state index in [9.17, 15) is 4.79 Å². The van der Waals surface area contributed by atoms with Crippen molar-refractivity contribution in [2.45, 2.75) is 40.0 Å². The van der Waals surface area contributed by atoms with Crippen LogP contribution in [0.2, 0.25) is 0 Å². The fourth-order valence-electron chi connectivity index (χ4n) is 4.00. The van der Waals surface area contributed by atoms with Crippen molar-refractivity contribution in [2.24, 2.45) is 17.3 Å². The first-order valence-corrected chi connectivity index (χ1v) is 7.87. The molecule has 0 N–H and O–H groups in total. The van der Waals surface area contributed by atoms with E-state index in [0.717, 1.165) is 29.2 Å². The van der Waals surface area contributed by atoms with E-state index in [1.54, 1.807) is 6.20 Å². The number of fused-ring (bicyclic) bond motifs is 1. The monoisotopic (exact) mass is 281 g/mol. The smallest absolute Gasteiger partial charge is 0.166 e. The molecule has 1 aromatic carbocycles. The minimum Gasteiger partial charge on any atom is -0.294 e. The largest absolute Gasteiger partial charge is 0.294 e. The summed E-state index contributed by atoms with van der Waals surface area (Å²) in [5.41, 5.74) is 0.947. The van der Waals surface area contributed by atoms with Crippen molar-refractivity contribution in [3.63, 3.8) is 0 Å². The normalized spacial score (nSPS) is 24.9. The van der Waals surface area contributed by atoms with Crippen LogP contribution >= 0.6 is 0 Å². The molecule has 0 amide bonds. The average molecular weight is 281 g/mol. The molecule has 1 aromatic heterocycles. The number of pyridine rings is 1. The van der Waals surface area contributed by atoms with Crippen LogP contribution in [-0.2, 0) is 0 Å². The highest BCUT2D eigenvalue weighted by Gasteiger charge is 2.41. The highest BCUT2D eigenvalue weighted by Crippen LogP contribution is 2.45. The summed E-state index contributed by atoms with van der Waals surface area (Å²) in [6.45, 7) is 6.72. The Morgan fingerprint density at radius 3 is 2.81 bits per heavy atom. The summed E-state index contributed by atoms with van der Waals surface area (Å²) in [7, 11) is 0. The summed E-state index contributed by atoms with van der Waals surface area (Å²) in [6, 6.07) is 7.97. The van der Waals surface area contributed by atoms with Crippen LogP contribution < -0.4 is 0 Å². The fraction of sp³-hybridized carbons (Fsp3) is 0.474. The summed E-state index contributed by atoms with van der Waals surface area (Å²) in [6.07, 6.45) is 7.17. The predicted molar refractivity (Wildman–Crippen MR) is 86.4 cm³/mol. The number of aromatic nitrogens is 1. The van der Waals surface area contributed by atoms with Crippen LogP contribution in [-0.4, -0.2) is 10.8 Å². The number of rotatable bonds is 2. The van der Waals surface area contributed by atoms with Crippen LogP contribution in [0.4, 0.5) is 0 Å². The zero-order chi connectivity index (χ0) is 15.0. The molecule has 0 saturated heterocycles.